The third-order valence-electron chi connectivity index (χ3n) is 4.46. The summed E-state index contributed by atoms with van der Waals surface area (Å²) in [6, 6.07) is 6.58. The van der Waals surface area contributed by atoms with E-state index >= 15 is 0 Å². The maximum Gasteiger partial charge on any atom is 0.319 e. The van der Waals surface area contributed by atoms with Gasteiger partial charge in [-0.05, 0) is 32.2 Å². The molecule has 0 unspecified atom stereocenters. The van der Waals surface area contributed by atoms with Gasteiger partial charge in [0.15, 0.2) is 0 Å². The molecule has 1 aromatic carbocycles. The molecule has 27 heavy (non-hydrogen) atoms. The van der Waals surface area contributed by atoms with Gasteiger partial charge in [-0.1, -0.05) is 6.07 Å². The van der Waals surface area contributed by atoms with Crippen LogP contribution in [0.3, 0.4) is 0 Å². The van der Waals surface area contributed by atoms with Crippen LogP contribution in [-0.2, 0) is 6.54 Å². The molecular formula is C18H25N7O2. The topological polar surface area (TPSA) is 95.4 Å². The van der Waals surface area contributed by atoms with E-state index < -0.39 is 0 Å². The Morgan fingerprint density at radius 1 is 1.22 bits per heavy atom. The molecule has 2 N–H and O–H groups in total. The van der Waals surface area contributed by atoms with Crippen LogP contribution in [0.4, 0.5) is 10.5 Å². The molecule has 0 spiro atoms. The van der Waals surface area contributed by atoms with E-state index in [1.807, 2.05) is 11.8 Å². The summed E-state index contributed by atoms with van der Waals surface area (Å²) in [4.78, 5) is 32.8. The molecule has 3 amide bonds. The number of nitrogens with zero attached hydrogens (tertiary/aromatic N) is 5. The molecule has 0 bridgehead atoms. The zero-order valence-electron chi connectivity index (χ0n) is 15.6. The number of hydrogen-bond donors (Lipinski definition) is 2. The Kier molecular flexibility index (Phi) is 6.02. The van der Waals surface area contributed by atoms with Crippen molar-refractivity contribution in [1.29, 1.82) is 0 Å². The number of urea groups is 1. The number of carbonyl (C=O) groups is 2. The molecule has 9 nitrogen and oxygen atoms in total. The third-order valence-corrected chi connectivity index (χ3v) is 4.46. The second kappa shape index (κ2) is 8.63. The average molecular weight is 371 g/mol. The molecule has 1 aromatic heterocycles. The summed E-state index contributed by atoms with van der Waals surface area (Å²) in [6.45, 7) is 5.58. The van der Waals surface area contributed by atoms with Crippen LogP contribution in [0.15, 0.2) is 36.9 Å². The molecule has 0 radical (unpaired) electrons. The van der Waals surface area contributed by atoms with Gasteiger partial charge < -0.3 is 20.4 Å². The van der Waals surface area contributed by atoms with Gasteiger partial charge in [-0.2, -0.15) is 5.10 Å². The minimum absolute atomic E-state index is 0.00768. The first-order chi connectivity index (χ1) is 13.0. The van der Waals surface area contributed by atoms with Gasteiger partial charge in [0.05, 0.1) is 6.54 Å². The molecule has 1 aliphatic rings. The number of likely N-dealkylation sites (N-methyl/N-ethyl adjacent to an activating group) is 1. The Hall–Kier alpha value is -2.94. The number of aromatic nitrogens is 3. The summed E-state index contributed by atoms with van der Waals surface area (Å²) in [6.07, 6.45) is 3.05. The zero-order valence-corrected chi connectivity index (χ0v) is 15.6. The minimum Gasteiger partial charge on any atom is -0.336 e. The lowest BCUT2D eigenvalue weighted by Crippen LogP contribution is -2.47. The van der Waals surface area contributed by atoms with Crippen LogP contribution in [0.2, 0.25) is 0 Å². The van der Waals surface area contributed by atoms with E-state index in [0.29, 0.717) is 30.9 Å². The molecule has 1 fully saturated rings. The van der Waals surface area contributed by atoms with Gasteiger partial charge in [0.2, 0.25) is 0 Å². The lowest BCUT2D eigenvalue weighted by Gasteiger charge is -2.32. The number of piperazine rings is 1. The molecule has 0 aliphatic carbocycles. The van der Waals surface area contributed by atoms with E-state index in [1.54, 1.807) is 35.3 Å². The molecule has 1 aliphatic heterocycles. The van der Waals surface area contributed by atoms with Gasteiger partial charge in [-0.25, -0.2) is 9.78 Å². The van der Waals surface area contributed by atoms with Crippen molar-refractivity contribution >= 4 is 17.6 Å². The molecular weight excluding hydrogens is 346 g/mol. The molecule has 1 atom stereocenters. The van der Waals surface area contributed by atoms with Gasteiger partial charge in [-0.15, -0.1) is 0 Å². The first-order valence-corrected chi connectivity index (χ1v) is 8.99. The predicted molar refractivity (Wildman–Crippen MR) is 101 cm³/mol. The number of carbonyl (C=O) groups excluding carboxylic acids is 2. The van der Waals surface area contributed by atoms with Crippen molar-refractivity contribution in [3.8, 4) is 0 Å². The Balaban J connectivity index is 1.55. The Bertz CT molecular complexity index is 770. The standard InChI is InChI=1S/C18H25N7O2/c1-14(11-25-13-19-12-20-25)21-18(27)22-16-5-3-4-15(10-16)17(26)24-8-6-23(2)7-9-24/h3-5,10,12-14H,6-9,11H2,1-2H3,(H2,21,22,27)/t14-/m1/s1. The zero-order chi connectivity index (χ0) is 19.2. The summed E-state index contributed by atoms with van der Waals surface area (Å²) < 4.78 is 1.65. The van der Waals surface area contributed by atoms with E-state index in [0.717, 1.165) is 13.1 Å². The van der Waals surface area contributed by atoms with Gasteiger partial charge in [-0.3, -0.25) is 9.48 Å². The molecule has 144 valence electrons. The smallest absolute Gasteiger partial charge is 0.319 e. The molecule has 2 aromatic rings. The average Bonchev–Trinajstić information content (AvgIpc) is 3.14. The number of amides is 3. The fourth-order valence-electron chi connectivity index (χ4n) is 2.97. The highest BCUT2D eigenvalue weighted by molar-refractivity contribution is 5.97. The van der Waals surface area contributed by atoms with E-state index in [2.05, 4.69) is 32.7 Å². The number of anilines is 1. The van der Waals surface area contributed by atoms with Crippen LogP contribution in [0.1, 0.15) is 17.3 Å². The second-order valence-corrected chi connectivity index (χ2v) is 6.79. The van der Waals surface area contributed by atoms with E-state index in [1.165, 1.54) is 6.33 Å². The Labute approximate surface area is 158 Å². The van der Waals surface area contributed by atoms with E-state index in [4.69, 9.17) is 0 Å². The van der Waals surface area contributed by atoms with Gasteiger partial charge in [0.25, 0.3) is 5.91 Å². The van der Waals surface area contributed by atoms with Crippen molar-refractivity contribution in [3.05, 3.63) is 42.5 Å². The summed E-state index contributed by atoms with van der Waals surface area (Å²) in [7, 11) is 2.05. The molecule has 3 rings (SSSR count). The van der Waals surface area contributed by atoms with Gasteiger partial charge >= 0.3 is 6.03 Å². The van der Waals surface area contributed by atoms with Crippen molar-refractivity contribution in [2.75, 3.05) is 38.5 Å². The van der Waals surface area contributed by atoms with Crippen molar-refractivity contribution in [2.45, 2.75) is 19.5 Å². The highest BCUT2D eigenvalue weighted by Crippen LogP contribution is 2.14. The number of nitrogens with one attached hydrogen (secondary N) is 2. The van der Waals surface area contributed by atoms with Crippen molar-refractivity contribution in [1.82, 2.24) is 29.9 Å². The lowest BCUT2D eigenvalue weighted by atomic mass is 10.1. The summed E-state index contributed by atoms with van der Waals surface area (Å²) in [5.41, 5.74) is 1.16. The highest BCUT2D eigenvalue weighted by atomic mass is 16.2. The lowest BCUT2D eigenvalue weighted by molar-refractivity contribution is 0.0664. The van der Waals surface area contributed by atoms with E-state index in [9.17, 15) is 9.59 Å². The van der Waals surface area contributed by atoms with Gasteiger partial charge in [0.1, 0.15) is 12.7 Å². The third kappa shape index (κ3) is 5.27. The largest absolute Gasteiger partial charge is 0.336 e. The number of hydrogen-bond acceptors (Lipinski definition) is 5. The SMILES string of the molecule is C[C@H](Cn1cncn1)NC(=O)Nc1cccc(C(=O)N2CCN(C)CC2)c1. The normalized spacial score (nSPS) is 16.0. The van der Waals surface area contributed by atoms with Crippen molar-refractivity contribution < 1.29 is 9.59 Å². The van der Waals surface area contributed by atoms with Crippen molar-refractivity contribution in [2.24, 2.45) is 0 Å². The first-order valence-electron chi connectivity index (χ1n) is 8.99. The fraction of sp³-hybridized carbons (Fsp3) is 0.444. The summed E-state index contributed by atoms with van der Waals surface area (Å²) in [5.74, 6) is -0.00768. The molecule has 0 saturated carbocycles. The van der Waals surface area contributed by atoms with Crippen LogP contribution in [0.25, 0.3) is 0 Å². The van der Waals surface area contributed by atoms with Crippen LogP contribution >= 0.6 is 0 Å². The van der Waals surface area contributed by atoms with E-state index in [-0.39, 0.29) is 18.0 Å². The van der Waals surface area contributed by atoms with Crippen LogP contribution in [0.5, 0.6) is 0 Å². The maximum atomic E-state index is 12.7. The minimum atomic E-state index is -0.327. The quantitative estimate of drug-likeness (QED) is 0.813. The number of rotatable bonds is 5. The Morgan fingerprint density at radius 3 is 2.70 bits per heavy atom. The maximum absolute atomic E-state index is 12.7. The summed E-state index contributed by atoms with van der Waals surface area (Å²) in [5, 5.41) is 9.64. The monoisotopic (exact) mass is 371 g/mol. The van der Waals surface area contributed by atoms with Gasteiger partial charge in [0, 0.05) is 43.5 Å². The number of benzene rings is 1. The van der Waals surface area contributed by atoms with Crippen LogP contribution in [0, 0.1) is 0 Å². The fourth-order valence-corrected chi connectivity index (χ4v) is 2.97. The molecule has 9 heteroatoms. The highest BCUT2D eigenvalue weighted by Gasteiger charge is 2.20. The second-order valence-electron chi connectivity index (χ2n) is 6.79. The Morgan fingerprint density at radius 2 is 2.00 bits per heavy atom. The van der Waals surface area contributed by atoms with Crippen molar-refractivity contribution in [3.63, 3.8) is 0 Å². The first kappa shape index (κ1) is 18.8. The summed E-state index contributed by atoms with van der Waals surface area (Å²) >= 11 is 0. The molecule has 2 heterocycles. The van der Waals surface area contributed by atoms with Crippen LogP contribution in [-0.4, -0.2) is 75.8 Å². The molecule has 1 saturated heterocycles. The van der Waals surface area contributed by atoms with Crippen LogP contribution < -0.4 is 10.6 Å². The predicted octanol–water partition coefficient (Wildman–Crippen LogP) is 0.876.